The molecule has 0 aliphatic carbocycles. The van der Waals surface area contributed by atoms with Crippen molar-refractivity contribution in [3.05, 3.63) is 54.1 Å². The predicted molar refractivity (Wildman–Crippen MR) is 104 cm³/mol. The number of carbonyl (C=O) groups is 2. The van der Waals surface area contributed by atoms with E-state index >= 15 is 0 Å². The number of aliphatic carboxylic acids is 1. The first kappa shape index (κ1) is 18.5. The number of hydrogen-bond acceptors (Lipinski definition) is 4. The molecule has 7 nitrogen and oxygen atoms in total. The monoisotopic (exact) mass is 400 g/mol. The summed E-state index contributed by atoms with van der Waals surface area (Å²) in [4.78, 5) is 24.8. The molecule has 2 aliphatic heterocycles. The van der Waals surface area contributed by atoms with Crippen LogP contribution in [0.4, 0.5) is 11.4 Å². The molecule has 1 amide bonds. The Morgan fingerprint density at radius 1 is 1.07 bits per heavy atom. The van der Waals surface area contributed by atoms with Gasteiger partial charge in [-0.2, -0.15) is 0 Å². The second-order valence-electron chi connectivity index (χ2n) is 7.22. The molecule has 2 heterocycles. The molecule has 0 aromatic heterocycles. The zero-order valence-electron chi connectivity index (χ0n) is 15.3. The van der Waals surface area contributed by atoms with Crippen LogP contribution in [0.15, 0.2) is 53.4 Å². The van der Waals surface area contributed by atoms with Gasteiger partial charge in [0.25, 0.3) is 10.0 Å². The summed E-state index contributed by atoms with van der Waals surface area (Å²) in [5.74, 6) is -2.01. The Bertz CT molecular complexity index is 1050. The minimum Gasteiger partial charge on any atom is -0.481 e. The number of para-hydroxylation sites is 1. The lowest BCUT2D eigenvalue weighted by Crippen LogP contribution is -2.35. The Hall–Kier alpha value is -2.87. The minimum absolute atomic E-state index is 0.0442. The summed E-state index contributed by atoms with van der Waals surface area (Å²) in [5.41, 5.74) is 2.19. The lowest BCUT2D eigenvalue weighted by Gasteiger charge is -2.25. The first-order chi connectivity index (χ1) is 13.3. The summed E-state index contributed by atoms with van der Waals surface area (Å²) in [7, 11) is -3.74. The van der Waals surface area contributed by atoms with Gasteiger partial charge in [0.05, 0.1) is 16.5 Å². The molecule has 2 unspecified atom stereocenters. The first-order valence-corrected chi connectivity index (χ1v) is 10.5. The molecule has 146 valence electrons. The van der Waals surface area contributed by atoms with Crippen molar-refractivity contribution in [2.75, 3.05) is 15.7 Å². The fourth-order valence-corrected chi connectivity index (χ4v) is 5.63. The van der Waals surface area contributed by atoms with Crippen LogP contribution in [-0.4, -0.2) is 38.0 Å². The average molecular weight is 400 g/mol. The van der Waals surface area contributed by atoms with Crippen LogP contribution in [0, 0.1) is 5.92 Å². The number of amides is 1. The van der Waals surface area contributed by atoms with Gasteiger partial charge in [0.1, 0.15) is 0 Å². The molecule has 4 rings (SSSR count). The van der Waals surface area contributed by atoms with Crippen molar-refractivity contribution in [2.45, 2.75) is 30.7 Å². The third kappa shape index (κ3) is 2.93. The van der Waals surface area contributed by atoms with Gasteiger partial charge in [-0.15, -0.1) is 0 Å². The summed E-state index contributed by atoms with van der Waals surface area (Å²) in [6.07, 6.45) is 0.615. The lowest BCUT2D eigenvalue weighted by molar-refractivity contribution is -0.141. The van der Waals surface area contributed by atoms with Crippen LogP contribution in [0.3, 0.4) is 0 Å². The quantitative estimate of drug-likeness (QED) is 0.850. The molecule has 2 atom stereocenters. The van der Waals surface area contributed by atoms with Crippen LogP contribution in [0.5, 0.6) is 0 Å². The van der Waals surface area contributed by atoms with E-state index in [1.165, 1.54) is 21.3 Å². The smallest absolute Gasteiger partial charge is 0.308 e. The number of anilines is 2. The van der Waals surface area contributed by atoms with Gasteiger partial charge in [0.15, 0.2) is 0 Å². The van der Waals surface area contributed by atoms with Crippen molar-refractivity contribution in [3.63, 3.8) is 0 Å². The van der Waals surface area contributed by atoms with Gasteiger partial charge >= 0.3 is 5.97 Å². The Morgan fingerprint density at radius 2 is 1.75 bits per heavy atom. The molecule has 0 spiro atoms. The van der Waals surface area contributed by atoms with Gasteiger partial charge in [-0.3, -0.25) is 13.9 Å². The Morgan fingerprint density at radius 3 is 2.39 bits per heavy atom. The number of carbonyl (C=O) groups excluding carboxylic acids is 1. The highest BCUT2D eigenvalue weighted by Crippen LogP contribution is 2.37. The molecule has 0 saturated carbocycles. The normalized spacial score (nSPS) is 21.8. The van der Waals surface area contributed by atoms with Crippen LogP contribution in [0.1, 0.15) is 18.9 Å². The summed E-state index contributed by atoms with van der Waals surface area (Å²) in [5, 5.41) is 9.11. The van der Waals surface area contributed by atoms with E-state index in [1.807, 2.05) is 25.1 Å². The zero-order valence-corrected chi connectivity index (χ0v) is 16.1. The second-order valence-corrected chi connectivity index (χ2v) is 9.04. The van der Waals surface area contributed by atoms with E-state index in [-0.39, 0.29) is 29.8 Å². The highest BCUT2D eigenvalue weighted by atomic mass is 32.2. The molecule has 2 aromatic carbocycles. The van der Waals surface area contributed by atoms with Crippen LogP contribution in [0.2, 0.25) is 0 Å². The first-order valence-electron chi connectivity index (χ1n) is 9.04. The number of carboxylic acids is 1. The highest BCUT2D eigenvalue weighted by Gasteiger charge is 2.37. The maximum Gasteiger partial charge on any atom is 0.308 e. The summed E-state index contributed by atoms with van der Waals surface area (Å²) < 4.78 is 27.9. The van der Waals surface area contributed by atoms with Gasteiger partial charge in [-0.05, 0) is 49.2 Å². The molecule has 1 fully saturated rings. The van der Waals surface area contributed by atoms with Crippen LogP contribution in [0.25, 0.3) is 0 Å². The van der Waals surface area contributed by atoms with Gasteiger partial charge in [-0.25, -0.2) is 8.42 Å². The van der Waals surface area contributed by atoms with E-state index in [4.69, 9.17) is 5.11 Å². The molecule has 2 aliphatic rings. The number of hydrogen-bond donors (Lipinski definition) is 1. The average Bonchev–Trinajstić information content (AvgIpc) is 3.21. The lowest BCUT2D eigenvalue weighted by atomic mass is 10.1. The van der Waals surface area contributed by atoms with Crippen LogP contribution < -0.4 is 9.21 Å². The van der Waals surface area contributed by atoms with Crippen LogP contribution >= 0.6 is 0 Å². The second kappa shape index (κ2) is 6.63. The molecule has 0 radical (unpaired) electrons. The van der Waals surface area contributed by atoms with Gasteiger partial charge < -0.3 is 10.0 Å². The standard InChI is InChI=1S/C20H20N2O5S/c1-13-10-14-4-2-3-5-18(14)22(13)28(26,27)17-8-6-16(7-9-17)21-12-15(20(24)25)11-19(21)23/h2-9,13,15H,10-12H2,1H3,(H,24,25). The number of nitrogens with zero attached hydrogens (tertiary/aromatic N) is 2. The number of carboxylic acid groups (broad SMARTS) is 1. The van der Waals surface area contributed by atoms with E-state index in [1.54, 1.807) is 18.2 Å². The van der Waals surface area contributed by atoms with E-state index in [0.717, 1.165) is 5.56 Å². The third-order valence-electron chi connectivity index (χ3n) is 5.32. The summed E-state index contributed by atoms with van der Waals surface area (Å²) in [6, 6.07) is 13.3. The predicted octanol–water partition coefficient (Wildman–Crippen LogP) is 2.26. The third-order valence-corrected chi connectivity index (χ3v) is 7.27. The molecule has 8 heteroatoms. The van der Waals surface area contributed by atoms with Crippen LogP contribution in [-0.2, 0) is 26.0 Å². The Balaban J connectivity index is 1.62. The molecule has 0 bridgehead atoms. The van der Waals surface area contributed by atoms with E-state index < -0.39 is 21.9 Å². The molecule has 2 aromatic rings. The van der Waals surface area contributed by atoms with Crippen molar-refractivity contribution < 1.29 is 23.1 Å². The Kier molecular flexibility index (Phi) is 4.38. The molecule has 1 N–H and O–H groups in total. The fraction of sp³-hybridized carbons (Fsp3) is 0.300. The van der Waals surface area contributed by atoms with Gasteiger partial charge in [0.2, 0.25) is 5.91 Å². The van der Waals surface area contributed by atoms with E-state index in [0.29, 0.717) is 17.8 Å². The van der Waals surface area contributed by atoms with E-state index in [2.05, 4.69) is 0 Å². The van der Waals surface area contributed by atoms with E-state index in [9.17, 15) is 18.0 Å². The zero-order chi connectivity index (χ0) is 20.1. The van der Waals surface area contributed by atoms with Crippen molar-refractivity contribution in [3.8, 4) is 0 Å². The minimum atomic E-state index is -3.74. The van der Waals surface area contributed by atoms with Gasteiger partial charge in [-0.1, -0.05) is 18.2 Å². The van der Waals surface area contributed by atoms with Gasteiger partial charge in [0, 0.05) is 24.7 Å². The molecule has 28 heavy (non-hydrogen) atoms. The summed E-state index contributed by atoms with van der Waals surface area (Å²) >= 11 is 0. The topological polar surface area (TPSA) is 95.0 Å². The van der Waals surface area contributed by atoms with Crippen molar-refractivity contribution >= 4 is 33.3 Å². The SMILES string of the molecule is CC1Cc2ccccc2N1S(=O)(=O)c1ccc(N2CC(C(=O)O)CC2=O)cc1. The Labute approximate surface area is 163 Å². The fourth-order valence-electron chi connectivity index (χ4n) is 3.94. The maximum atomic E-state index is 13.2. The van der Waals surface area contributed by atoms with Crippen molar-refractivity contribution in [2.24, 2.45) is 5.92 Å². The largest absolute Gasteiger partial charge is 0.481 e. The number of rotatable bonds is 4. The molecular weight excluding hydrogens is 380 g/mol. The number of fused-ring (bicyclic) bond motifs is 1. The van der Waals surface area contributed by atoms with Crippen molar-refractivity contribution in [1.82, 2.24) is 0 Å². The molecule has 1 saturated heterocycles. The number of sulfonamides is 1. The summed E-state index contributed by atoms with van der Waals surface area (Å²) in [6.45, 7) is 1.97. The maximum absolute atomic E-state index is 13.2. The number of benzene rings is 2. The molecular formula is C20H20N2O5S. The van der Waals surface area contributed by atoms with Crippen molar-refractivity contribution in [1.29, 1.82) is 0 Å². The highest BCUT2D eigenvalue weighted by molar-refractivity contribution is 7.92.